The number of fused-ring (bicyclic) bond motifs is 2. The van der Waals surface area contributed by atoms with E-state index >= 15 is 0 Å². The molecule has 8 nitrogen and oxygen atoms in total. The van der Waals surface area contributed by atoms with E-state index in [9.17, 15) is 18.7 Å². The molecule has 0 aliphatic carbocycles. The van der Waals surface area contributed by atoms with Crippen LogP contribution in [0.5, 0.6) is 0 Å². The zero-order valence-corrected chi connectivity index (χ0v) is 23.9. The number of benzene rings is 3. The fourth-order valence-corrected chi connectivity index (χ4v) is 6.02. The minimum atomic E-state index is -1.24. The molecule has 0 spiro atoms. The molecule has 2 aliphatic rings. The number of nitrogens with zero attached hydrogens (tertiary/aromatic N) is 6. The first-order valence-corrected chi connectivity index (χ1v) is 13.9. The summed E-state index contributed by atoms with van der Waals surface area (Å²) in [5.74, 6) is -0.951. The number of imidazole rings is 2. The molecule has 218 valence electrons. The van der Waals surface area contributed by atoms with Crippen LogP contribution in [0.2, 0.25) is 0 Å². The SMILES string of the molecule is Cc1ccc([C@@]2(O)C[C@H](c3ccc(C#N)cc3F)n3cncc32)cc1C.N#Cc1ccc([C@H]2CC(=O)c3cncn32)c(F)c1. The molecule has 3 atom stereocenters. The molecule has 0 amide bonds. The lowest BCUT2D eigenvalue weighted by molar-refractivity contribution is 0.0791. The molecule has 10 heteroatoms. The molecule has 5 aromatic rings. The van der Waals surface area contributed by atoms with Crippen LogP contribution in [0, 0.1) is 48.1 Å². The van der Waals surface area contributed by atoms with Crippen molar-refractivity contribution in [3.05, 3.63) is 142 Å². The summed E-state index contributed by atoms with van der Waals surface area (Å²) in [4.78, 5) is 19.8. The van der Waals surface area contributed by atoms with E-state index in [1.54, 1.807) is 41.4 Å². The molecule has 0 radical (unpaired) electrons. The highest BCUT2D eigenvalue weighted by Gasteiger charge is 2.45. The second-order valence-corrected chi connectivity index (χ2v) is 11.1. The molecule has 7 rings (SSSR count). The Kier molecular flexibility index (Phi) is 7.16. The molecule has 0 fully saturated rings. The number of halogens is 2. The van der Waals surface area contributed by atoms with Crippen LogP contribution in [-0.4, -0.2) is 30.0 Å². The topological polar surface area (TPSA) is 121 Å². The Hall–Kier alpha value is -5.45. The van der Waals surface area contributed by atoms with Gasteiger partial charge in [0.05, 0.1) is 66.1 Å². The van der Waals surface area contributed by atoms with Crippen LogP contribution in [-0.2, 0) is 5.60 Å². The summed E-state index contributed by atoms with van der Waals surface area (Å²) in [5, 5.41) is 29.2. The van der Waals surface area contributed by atoms with E-state index in [4.69, 9.17) is 10.5 Å². The predicted molar refractivity (Wildman–Crippen MR) is 155 cm³/mol. The average molecular weight is 589 g/mol. The number of ketones is 1. The largest absolute Gasteiger partial charge is 0.379 e. The first kappa shape index (κ1) is 28.7. The number of aliphatic hydroxyl groups is 1. The van der Waals surface area contributed by atoms with Crippen LogP contribution in [0.25, 0.3) is 0 Å². The van der Waals surface area contributed by atoms with Crippen molar-refractivity contribution in [1.29, 1.82) is 10.5 Å². The van der Waals surface area contributed by atoms with Crippen molar-refractivity contribution in [3.63, 3.8) is 0 Å². The van der Waals surface area contributed by atoms with Gasteiger partial charge in [-0.25, -0.2) is 18.7 Å². The van der Waals surface area contributed by atoms with E-state index in [0.29, 0.717) is 28.9 Å². The van der Waals surface area contributed by atoms with Gasteiger partial charge in [0, 0.05) is 24.0 Å². The number of rotatable bonds is 3. The van der Waals surface area contributed by atoms with Gasteiger partial charge in [0.1, 0.15) is 22.9 Å². The number of carbonyl (C=O) groups excluding carboxylic acids is 1. The molecular weight excluding hydrogens is 562 g/mol. The highest BCUT2D eigenvalue weighted by Crippen LogP contribution is 2.47. The molecule has 4 heterocycles. The summed E-state index contributed by atoms with van der Waals surface area (Å²) in [6, 6.07) is 17.7. The third-order valence-corrected chi connectivity index (χ3v) is 8.54. The van der Waals surface area contributed by atoms with Crippen LogP contribution >= 0.6 is 0 Å². The zero-order chi connectivity index (χ0) is 31.2. The normalized spacial score (nSPS) is 19.8. The number of carbonyl (C=O) groups is 1. The van der Waals surface area contributed by atoms with Gasteiger partial charge in [-0.15, -0.1) is 0 Å². The van der Waals surface area contributed by atoms with E-state index < -0.39 is 17.2 Å². The van der Waals surface area contributed by atoms with Crippen molar-refractivity contribution in [2.45, 2.75) is 44.4 Å². The Bertz CT molecular complexity index is 2020. The maximum absolute atomic E-state index is 14.6. The van der Waals surface area contributed by atoms with Gasteiger partial charge in [0.15, 0.2) is 5.78 Å². The van der Waals surface area contributed by atoms with Crippen LogP contribution in [0.15, 0.2) is 79.6 Å². The molecule has 3 aromatic carbocycles. The van der Waals surface area contributed by atoms with E-state index in [2.05, 4.69) is 9.97 Å². The second kappa shape index (κ2) is 11.0. The third-order valence-electron chi connectivity index (χ3n) is 8.54. The molecule has 0 saturated carbocycles. The smallest absolute Gasteiger partial charge is 0.183 e. The molecule has 2 aliphatic heterocycles. The van der Waals surface area contributed by atoms with Crippen LogP contribution in [0.1, 0.15) is 80.1 Å². The van der Waals surface area contributed by atoms with Crippen molar-refractivity contribution < 1.29 is 18.7 Å². The third kappa shape index (κ3) is 4.76. The lowest BCUT2D eigenvalue weighted by Crippen LogP contribution is -2.24. The van der Waals surface area contributed by atoms with Gasteiger partial charge in [0.2, 0.25) is 0 Å². The van der Waals surface area contributed by atoms with Crippen LogP contribution < -0.4 is 0 Å². The fraction of sp³-hybridized carbons (Fsp3) is 0.206. The van der Waals surface area contributed by atoms with Gasteiger partial charge in [0.25, 0.3) is 0 Å². The van der Waals surface area contributed by atoms with Crippen molar-refractivity contribution in [3.8, 4) is 12.1 Å². The van der Waals surface area contributed by atoms with E-state index in [1.807, 2.05) is 48.8 Å². The number of Topliss-reactive ketones (excluding diaryl/α,β-unsaturated/α-hetero) is 1. The summed E-state index contributed by atoms with van der Waals surface area (Å²) in [5.41, 5.74) is 4.35. The molecule has 0 bridgehead atoms. The van der Waals surface area contributed by atoms with Gasteiger partial charge in [-0.2, -0.15) is 10.5 Å². The predicted octanol–water partition coefficient (Wildman–Crippen LogP) is 5.81. The minimum Gasteiger partial charge on any atom is -0.379 e. The highest BCUT2D eigenvalue weighted by atomic mass is 19.1. The van der Waals surface area contributed by atoms with Crippen molar-refractivity contribution in [2.24, 2.45) is 0 Å². The number of aryl methyl sites for hydroxylation is 2. The standard InChI is InChI=1S/C21H18FN3O.C13H8FN3O/c1-13-3-5-16(7-14(13)2)21(26)9-19(25-12-24-11-20(21)25)17-6-4-15(10-23)8-18(17)22;14-10-3-8(5-15)1-2-9(10)11-4-13(18)12-6-16-7-17(11)12/h3-8,11-12,19,26H,9H2,1-2H3;1-3,6-7,11H,4H2/t19-,21+;11-/m11/s1. The Morgan fingerprint density at radius 2 is 1.45 bits per heavy atom. The number of hydrogen-bond acceptors (Lipinski definition) is 6. The monoisotopic (exact) mass is 588 g/mol. The van der Waals surface area contributed by atoms with Crippen molar-refractivity contribution in [1.82, 2.24) is 19.1 Å². The summed E-state index contributed by atoms with van der Waals surface area (Å²) >= 11 is 0. The highest BCUT2D eigenvalue weighted by molar-refractivity contribution is 5.97. The second-order valence-electron chi connectivity index (χ2n) is 11.1. The van der Waals surface area contributed by atoms with E-state index in [1.165, 1.54) is 24.7 Å². The lowest BCUT2D eigenvalue weighted by Gasteiger charge is -2.24. The van der Waals surface area contributed by atoms with Gasteiger partial charge < -0.3 is 14.2 Å². The molecule has 44 heavy (non-hydrogen) atoms. The van der Waals surface area contributed by atoms with Crippen molar-refractivity contribution in [2.75, 3.05) is 0 Å². The van der Waals surface area contributed by atoms with E-state index in [-0.39, 0.29) is 35.4 Å². The lowest BCUT2D eigenvalue weighted by atomic mass is 9.85. The van der Waals surface area contributed by atoms with Gasteiger partial charge in [-0.1, -0.05) is 30.3 Å². The van der Waals surface area contributed by atoms with E-state index in [0.717, 1.165) is 16.7 Å². The number of nitriles is 2. The van der Waals surface area contributed by atoms with Crippen LogP contribution in [0.4, 0.5) is 8.78 Å². The molecular formula is C34H26F2N6O2. The Morgan fingerprint density at radius 3 is 2.07 bits per heavy atom. The summed E-state index contributed by atoms with van der Waals surface area (Å²) in [7, 11) is 0. The first-order chi connectivity index (χ1) is 21.1. The fourth-order valence-electron chi connectivity index (χ4n) is 6.02. The van der Waals surface area contributed by atoms with Crippen molar-refractivity contribution >= 4 is 5.78 Å². The maximum Gasteiger partial charge on any atom is 0.183 e. The summed E-state index contributed by atoms with van der Waals surface area (Å²) < 4.78 is 32.0. The average Bonchev–Trinajstić information content (AvgIpc) is 3.80. The van der Waals surface area contributed by atoms with Gasteiger partial charge in [-0.3, -0.25) is 4.79 Å². The Morgan fingerprint density at radius 1 is 0.841 bits per heavy atom. The molecule has 2 aromatic heterocycles. The summed E-state index contributed by atoms with van der Waals surface area (Å²) in [6.07, 6.45) is 6.83. The summed E-state index contributed by atoms with van der Waals surface area (Å²) in [6.45, 7) is 4.03. The zero-order valence-electron chi connectivity index (χ0n) is 23.9. The maximum atomic E-state index is 14.6. The minimum absolute atomic E-state index is 0.0405. The van der Waals surface area contributed by atoms with Gasteiger partial charge in [-0.05, 0) is 54.8 Å². The molecule has 0 saturated heterocycles. The quantitative estimate of drug-likeness (QED) is 0.284. The number of hydrogen-bond donors (Lipinski definition) is 1. The van der Waals surface area contributed by atoms with Crippen LogP contribution in [0.3, 0.4) is 0 Å². The Labute approximate surface area is 252 Å². The number of aromatic nitrogens is 4. The first-order valence-electron chi connectivity index (χ1n) is 13.9. The molecule has 1 N–H and O–H groups in total. The van der Waals surface area contributed by atoms with Gasteiger partial charge >= 0.3 is 0 Å². The Balaban J connectivity index is 0.000000167. The molecule has 0 unspecified atom stereocenters.